The van der Waals surface area contributed by atoms with Gasteiger partial charge in [0.05, 0.1) is 19.3 Å². The van der Waals surface area contributed by atoms with Crippen LogP contribution in [0.25, 0.3) is 0 Å². The van der Waals surface area contributed by atoms with Crippen LogP contribution in [-0.2, 0) is 6.42 Å². The molecule has 19 heavy (non-hydrogen) atoms. The predicted octanol–water partition coefficient (Wildman–Crippen LogP) is 3.81. The highest BCUT2D eigenvalue weighted by molar-refractivity contribution is 5.32. The van der Waals surface area contributed by atoms with Crippen molar-refractivity contribution in [1.82, 2.24) is 4.98 Å². The molecule has 2 aromatic rings. The molecule has 0 radical (unpaired) electrons. The van der Waals surface area contributed by atoms with Gasteiger partial charge in [0, 0.05) is 12.4 Å². The molecule has 0 saturated carbocycles. The molecule has 4 heteroatoms. The standard InChI is InChI=1S/C15H17N3O/c1-19-15-6-2-4-13(12-15)5-3-9-17-18-14-7-10-16-11-8-14/h2,4,6-8,10-12H,3,5,9H2,1H3. The van der Waals surface area contributed by atoms with Gasteiger partial charge in [0.2, 0.25) is 0 Å². The fourth-order valence-corrected chi connectivity index (χ4v) is 1.72. The number of rotatable bonds is 6. The molecule has 2 rings (SSSR count). The third-order valence-corrected chi connectivity index (χ3v) is 2.71. The van der Waals surface area contributed by atoms with Gasteiger partial charge < -0.3 is 4.74 Å². The molecule has 0 amide bonds. The van der Waals surface area contributed by atoms with E-state index in [4.69, 9.17) is 4.74 Å². The summed E-state index contributed by atoms with van der Waals surface area (Å²) >= 11 is 0. The van der Waals surface area contributed by atoms with E-state index in [2.05, 4.69) is 27.3 Å². The average Bonchev–Trinajstić information content (AvgIpc) is 2.48. The van der Waals surface area contributed by atoms with E-state index in [0.717, 1.165) is 30.8 Å². The summed E-state index contributed by atoms with van der Waals surface area (Å²) in [5, 5.41) is 8.30. The first-order chi connectivity index (χ1) is 9.38. The van der Waals surface area contributed by atoms with Gasteiger partial charge in [-0.15, -0.1) is 0 Å². The first-order valence-corrected chi connectivity index (χ1v) is 6.29. The van der Waals surface area contributed by atoms with Crippen molar-refractivity contribution in [2.75, 3.05) is 13.7 Å². The topological polar surface area (TPSA) is 46.8 Å². The van der Waals surface area contributed by atoms with Crippen LogP contribution in [0.2, 0.25) is 0 Å². The molecule has 4 nitrogen and oxygen atoms in total. The lowest BCUT2D eigenvalue weighted by Gasteiger charge is -2.02. The molecule has 0 unspecified atom stereocenters. The summed E-state index contributed by atoms with van der Waals surface area (Å²) in [5.74, 6) is 0.899. The van der Waals surface area contributed by atoms with Crippen molar-refractivity contribution in [1.29, 1.82) is 0 Å². The Bertz CT molecular complexity index is 526. The Morgan fingerprint density at radius 3 is 2.79 bits per heavy atom. The molecule has 1 heterocycles. The molecule has 0 atom stereocenters. The minimum atomic E-state index is 0.722. The summed E-state index contributed by atoms with van der Waals surface area (Å²) in [6.45, 7) is 0.722. The van der Waals surface area contributed by atoms with E-state index in [-0.39, 0.29) is 0 Å². The van der Waals surface area contributed by atoms with Gasteiger partial charge in [-0.2, -0.15) is 10.2 Å². The van der Waals surface area contributed by atoms with Crippen LogP contribution < -0.4 is 4.74 Å². The monoisotopic (exact) mass is 255 g/mol. The quantitative estimate of drug-likeness (QED) is 0.582. The zero-order valence-electron chi connectivity index (χ0n) is 11.0. The number of aryl methyl sites for hydroxylation is 1. The Balaban J connectivity index is 1.76. The van der Waals surface area contributed by atoms with E-state index in [1.165, 1.54) is 5.56 Å². The first-order valence-electron chi connectivity index (χ1n) is 6.29. The number of azo groups is 1. The van der Waals surface area contributed by atoms with E-state index < -0.39 is 0 Å². The highest BCUT2D eigenvalue weighted by Gasteiger charge is 1.95. The molecule has 0 aliphatic rings. The highest BCUT2D eigenvalue weighted by Crippen LogP contribution is 2.14. The minimum Gasteiger partial charge on any atom is -0.497 e. The predicted molar refractivity (Wildman–Crippen MR) is 74.9 cm³/mol. The lowest BCUT2D eigenvalue weighted by atomic mass is 10.1. The maximum absolute atomic E-state index is 5.19. The number of nitrogens with zero attached hydrogens (tertiary/aromatic N) is 3. The summed E-state index contributed by atoms with van der Waals surface area (Å²) in [5.41, 5.74) is 2.11. The van der Waals surface area contributed by atoms with Crippen molar-refractivity contribution in [3.63, 3.8) is 0 Å². The van der Waals surface area contributed by atoms with Crippen molar-refractivity contribution in [2.45, 2.75) is 12.8 Å². The summed E-state index contributed by atoms with van der Waals surface area (Å²) in [4.78, 5) is 3.93. The lowest BCUT2D eigenvalue weighted by molar-refractivity contribution is 0.414. The van der Waals surface area contributed by atoms with Gasteiger partial charge in [0.15, 0.2) is 0 Å². The molecular weight excluding hydrogens is 238 g/mol. The number of methoxy groups -OCH3 is 1. The second kappa shape index (κ2) is 7.26. The van der Waals surface area contributed by atoms with Gasteiger partial charge >= 0.3 is 0 Å². The zero-order valence-corrected chi connectivity index (χ0v) is 11.0. The highest BCUT2D eigenvalue weighted by atomic mass is 16.5. The van der Waals surface area contributed by atoms with Crippen LogP contribution in [0, 0.1) is 0 Å². The van der Waals surface area contributed by atoms with Crippen molar-refractivity contribution < 1.29 is 4.74 Å². The van der Waals surface area contributed by atoms with Gasteiger partial charge in [0.1, 0.15) is 5.75 Å². The van der Waals surface area contributed by atoms with Gasteiger partial charge in [-0.25, -0.2) is 0 Å². The van der Waals surface area contributed by atoms with Crippen LogP contribution in [0.15, 0.2) is 59.0 Å². The third kappa shape index (κ3) is 4.50. The molecule has 0 bridgehead atoms. The van der Waals surface area contributed by atoms with E-state index in [1.807, 2.05) is 24.3 Å². The van der Waals surface area contributed by atoms with E-state index in [9.17, 15) is 0 Å². The number of hydrogen-bond acceptors (Lipinski definition) is 4. The summed E-state index contributed by atoms with van der Waals surface area (Å²) in [7, 11) is 1.68. The Morgan fingerprint density at radius 2 is 2.00 bits per heavy atom. The fraction of sp³-hybridized carbons (Fsp3) is 0.267. The normalized spacial score (nSPS) is 10.8. The third-order valence-electron chi connectivity index (χ3n) is 2.71. The lowest BCUT2D eigenvalue weighted by Crippen LogP contribution is -1.89. The molecule has 0 aliphatic carbocycles. The van der Waals surface area contributed by atoms with Crippen LogP contribution in [0.4, 0.5) is 5.69 Å². The van der Waals surface area contributed by atoms with E-state index in [1.54, 1.807) is 19.5 Å². The Kier molecular flexibility index (Phi) is 5.05. The number of pyridine rings is 1. The first kappa shape index (κ1) is 13.2. The average molecular weight is 255 g/mol. The maximum atomic E-state index is 5.19. The molecule has 1 aromatic carbocycles. The molecule has 0 spiro atoms. The van der Waals surface area contributed by atoms with Gasteiger partial charge in [-0.3, -0.25) is 4.98 Å². The van der Waals surface area contributed by atoms with E-state index >= 15 is 0 Å². The smallest absolute Gasteiger partial charge is 0.119 e. The second-order valence-corrected chi connectivity index (χ2v) is 4.13. The summed E-state index contributed by atoms with van der Waals surface area (Å²) < 4.78 is 5.19. The number of aromatic nitrogens is 1. The Morgan fingerprint density at radius 1 is 1.16 bits per heavy atom. The number of hydrogen-bond donors (Lipinski definition) is 0. The maximum Gasteiger partial charge on any atom is 0.119 e. The molecule has 1 aromatic heterocycles. The largest absolute Gasteiger partial charge is 0.497 e. The fourth-order valence-electron chi connectivity index (χ4n) is 1.72. The molecule has 0 N–H and O–H groups in total. The van der Waals surface area contributed by atoms with Crippen molar-refractivity contribution >= 4 is 5.69 Å². The van der Waals surface area contributed by atoms with Gasteiger partial charge in [0.25, 0.3) is 0 Å². The van der Waals surface area contributed by atoms with Crippen LogP contribution >= 0.6 is 0 Å². The Labute approximate surface area is 113 Å². The van der Waals surface area contributed by atoms with Crippen molar-refractivity contribution in [3.05, 3.63) is 54.4 Å². The molecular formula is C15H17N3O. The van der Waals surface area contributed by atoms with Crippen LogP contribution in [0.1, 0.15) is 12.0 Å². The number of ether oxygens (including phenoxy) is 1. The molecule has 0 fully saturated rings. The van der Waals surface area contributed by atoms with E-state index in [0.29, 0.717) is 0 Å². The molecule has 0 saturated heterocycles. The molecule has 98 valence electrons. The Hall–Kier alpha value is -2.23. The van der Waals surface area contributed by atoms with Gasteiger partial charge in [-0.05, 0) is 42.7 Å². The summed E-state index contributed by atoms with van der Waals surface area (Å²) in [6.07, 6.45) is 5.38. The minimum absolute atomic E-state index is 0.722. The SMILES string of the molecule is COc1cccc(CCCN=Nc2ccncc2)c1. The van der Waals surface area contributed by atoms with Crippen molar-refractivity contribution in [3.8, 4) is 5.75 Å². The zero-order chi connectivity index (χ0) is 13.3. The van der Waals surface area contributed by atoms with Crippen molar-refractivity contribution in [2.24, 2.45) is 10.2 Å². The van der Waals surface area contributed by atoms with Crippen LogP contribution in [0.5, 0.6) is 5.75 Å². The van der Waals surface area contributed by atoms with Crippen LogP contribution in [-0.4, -0.2) is 18.6 Å². The number of benzene rings is 1. The molecule has 0 aliphatic heterocycles. The second-order valence-electron chi connectivity index (χ2n) is 4.13. The van der Waals surface area contributed by atoms with Crippen LogP contribution in [0.3, 0.4) is 0 Å². The summed E-state index contributed by atoms with van der Waals surface area (Å²) in [6, 6.07) is 11.8. The van der Waals surface area contributed by atoms with Gasteiger partial charge in [-0.1, -0.05) is 12.1 Å².